The van der Waals surface area contributed by atoms with Gasteiger partial charge >= 0.3 is 11.9 Å². The number of hydrogen-bond donors (Lipinski definition) is 1. The molecule has 0 spiro atoms. The van der Waals surface area contributed by atoms with Gasteiger partial charge in [0.25, 0.3) is 5.69 Å². The van der Waals surface area contributed by atoms with E-state index in [1.165, 1.54) is 24.3 Å². The molecule has 1 aliphatic heterocycles. The van der Waals surface area contributed by atoms with Crippen LogP contribution in [-0.2, 0) is 35.2 Å². The van der Waals surface area contributed by atoms with Crippen LogP contribution in [0.4, 0.5) is 5.69 Å². The topological polar surface area (TPSA) is 134 Å². The summed E-state index contributed by atoms with van der Waals surface area (Å²) in [4.78, 5) is 48.7. The van der Waals surface area contributed by atoms with Gasteiger partial charge in [-0.05, 0) is 25.0 Å². The molecule has 1 N–H and O–H groups in total. The van der Waals surface area contributed by atoms with E-state index in [2.05, 4.69) is 5.32 Å². The molecule has 1 atom stereocenters. The Labute approximate surface area is 207 Å². The van der Waals surface area contributed by atoms with Crippen LogP contribution in [0.2, 0.25) is 0 Å². The SMILES string of the molecule is CCOC(=O)C1=C(C=O)NC(C)=C(C(=O)OCCOCc2ccccc2)C1c1cccc([N+](=O)[O-])c1. The average molecular weight is 495 g/mol. The summed E-state index contributed by atoms with van der Waals surface area (Å²) in [6, 6.07) is 15.0. The van der Waals surface area contributed by atoms with Gasteiger partial charge in [-0.25, -0.2) is 9.59 Å². The van der Waals surface area contributed by atoms with Gasteiger partial charge in [-0.2, -0.15) is 0 Å². The summed E-state index contributed by atoms with van der Waals surface area (Å²) in [7, 11) is 0. The fourth-order valence-corrected chi connectivity index (χ4v) is 3.84. The van der Waals surface area contributed by atoms with Crippen LogP contribution >= 0.6 is 0 Å². The van der Waals surface area contributed by atoms with Crippen molar-refractivity contribution in [3.8, 4) is 0 Å². The van der Waals surface area contributed by atoms with Crippen molar-refractivity contribution in [2.45, 2.75) is 26.4 Å². The molecule has 10 nitrogen and oxygen atoms in total. The number of carbonyl (C=O) groups is 3. The Morgan fingerprint density at radius 2 is 1.75 bits per heavy atom. The second-order valence-corrected chi connectivity index (χ2v) is 7.79. The highest BCUT2D eigenvalue weighted by Gasteiger charge is 2.39. The minimum atomic E-state index is -1.12. The molecule has 0 saturated heterocycles. The smallest absolute Gasteiger partial charge is 0.337 e. The Morgan fingerprint density at radius 3 is 2.42 bits per heavy atom. The molecule has 0 bridgehead atoms. The lowest BCUT2D eigenvalue weighted by Crippen LogP contribution is -2.34. The number of non-ortho nitro benzene ring substituents is 1. The molecular weight excluding hydrogens is 468 g/mol. The molecule has 0 radical (unpaired) electrons. The van der Waals surface area contributed by atoms with Gasteiger partial charge in [0.2, 0.25) is 0 Å². The Morgan fingerprint density at radius 1 is 1.03 bits per heavy atom. The van der Waals surface area contributed by atoms with Crippen molar-refractivity contribution < 1.29 is 33.5 Å². The van der Waals surface area contributed by atoms with Crippen LogP contribution in [0.5, 0.6) is 0 Å². The lowest BCUT2D eigenvalue weighted by Gasteiger charge is -2.29. The van der Waals surface area contributed by atoms with Crippen LogP contribution in [0.15, 0.2) is 77.1 Å². The largest absolute Gasteiger partial charge is 0.463 e. The van der Waals surface area contributed by atoms with Gasteiger partial charge < -0.3 is 19.5 Å². The standard InChI is InChI=1S/C26H26N2O8/c1-3-35-26(31)24-21(15-29)27-17(2)22(23(24)19-10-7-11-20(14-19)28(32)33)25(30)36-13-12-34-16-18-8-5-4-6-9-18/h4-11,14-15,23,27H,3,12-13,16H2,1-2H3. The molecule has 1 aliphatic rings. The highest BCUT2D eigenvalue weighted by molar-refractivity contribution is 6.03. The van der Waals surface area contributed by atoms with Crippen molar-refractivity contribution in [3.63, 3.8) is 0 Å². The first-order valence-corrected chi connectivity index (χ1v) is 11.2. The van der Waals surface area contributed by atoms with E-state index < -0.39 is 22.8 Å². The van der Waals surface area contributed by atoms with E-state index in [9.17, 15) is 24.5 Å². The summed E-state index contributed by atoms with van der Waals surface area (Å²) in [5.41, 5.74) is 1.08. The van der Waals surface area contributed by atoms with Crippen LogP contribution in [0.3, 0.4) is 0 Å². The Bertz CT molecular complexity index is 1200. The highest BCUT2D eigenvalue weighted by atomic mass is 16.6. The first kappa shape index (κ1) is 26.3. The van der Waals surface area contributed by atoms with Crippen molar-refractivity contribution in [1.29, 1.82) is 0 Å². The lowest BCUT2D eigenvalue weighted by molar-refractivity contribution is -0.384. The van der Waals surface area contributed by atoms with Gasteiger partial charge in [0.15, 0.2) is 6.29 Å². The van der Waals surface area contributed by atoms with Gasteiger partial charge in [0, 0.05) is 17.8 Å². The number of nitrogens with one attached hydrogen (secondary N) is 1. The van der Waals surface area contributed by atoms with Crippen molar-refractivity contribution in [3.05, 3.63) is 98.4 Å². The first-order valence-electron chi connectivity index (χ1n) is 11.2. The second kappa shape index (κ2) is 12.4. The molecule has 188 valence electrons. The number of nitro benzene ring substituents is 1. The molecule has 0 amide bonds. The predicted octanol–water partition coefficient (Wildman–Crippen LogP) is 3.33. The maximum Gasteiger partial charge on any atom is 0.337 e. The van der Waals surface area contributed by atoms with Crippen LogP contribution < -0.4 is 5.32 Å². The van der Waals surface area contributed by atoms with Crippen molar-refractivity contribution >= 4 is 23.9 Å². The number of allylic oxidation sites excluding steroid dienone is 2. The number of aldehydes is 1. The maximum atomic E-state index is 13.2. The van der Waals surface area contributed by atoms with Crippen molar-refractivity contribution in [2.75, 3.05) is 19.8 Å². The molecule has 0 saturated carbocycles. The molecule has 36 heavy (non-hydrogen) atoms. The fourth-order valence-electron chi connectivity index (χ4n) is 3.84. The highest BCUT2D eigenvalue weighted by Crippen LogP contribution is 2.39. The normalized spacial score (nSPS) is 15.2. The molecule has 3 rings (SSSR count). The van der Waals surface area contributed by atoms with Crippen LogP contribution in [0.25, 0.3) is 0 Å². The Hall–Kier alpha value is -4.31. The van der Waals surface area contributed by atoms with E-state index in [0.29, 0.717) is 12.9 Å². The number of nitro groups is 1. The summed E-state index contributed by atoms with van der Waals surface area (Å²) >= 11 is 0. The third-order valence-corrected chi connectivity index (χ3v) is 5.41. The molecule has 0 aliphatic carbocycles. The average Bonchev–Trinajstić information content (AvgIpc) is 2.88. The number of hydrogen-bond acceptors (Lipinski definition) is 9. The summed E-state index contributed by atoms with van der Waals surface area (Å²) in [6.45, 7) is 3.58. The third-order valence-electron chi connectivity index (χ3n) is 5.41. The van der Waals surface area contributed by atoms with Crippen LogP contribution in [0, 0.1) is 10.1 Å². The van der Waals surface area contributed by atoms with E-state index in [4.69, 9.17) is 14.2 Å². The van der Waals surface area contributed by atoms with E-state index in [1.807, 2.05) is 30.3 Å². The van der Waals surface area contributed by atoms with E-state index in [-0.39, 0.29) is 53.6 Å². The van der Waals surface area contributed by atoms with E-state index >= 15 is 0 Å². The van der Waals surface area contributed by atoms with Crippen molar-refractivity contribution in [2.24, 2.45) is 0 Å². The fraction of sp³-hybridized carbons (Fsp3) is 0.269. The number of ether oxygens (including phenoxy) is 3. The third kappa shape index (κ3) is 6.22. The summed E-state index contributed by atoms with van der Waals surface area (Å²) in [5.74, 6) is -2.71. The van der Waals surface area contributed by atoms with Gasteiger partial charge in [-0.15, -0.1) is 0 Å². The number of benzene rings is 2. The minimum Gasteiger partial charge on any atom is -0.463 e. The maximum absolute atomic E-state index is 13.2. The zero-order chi connectivity index (χ0) is 26.1. The van der Waals surface area contributed by atoms with E-state index in [1.54, 1.807) is 13.8 Å². The summed E-state index contributed by atoms with van der Waals surface area (Å²) in [5, 5.41) is 14.1. The number of rotatable bonds is 11. The minimum absolute atomic E-state index is 0.0252. The zero-order valence-electron chi connectivity index (χ0n) is 19.9. The molecule has 2 aromatic rings. The number of dihydropyridines is 1. The first-order chi connectivity index (χ1) is 17.4. The molecule has 10 heteroatoms. The lowest BCUT2D eigenvalue weighted by atomic mass is 9.80. The summed E-state index contributed by atoms with van der Waals surface area (Å²) in [6.07, 6.45) is 0.444. The van der Waals surface area contributed by atoms with E-state index in [0.717, 1.165) is 5.56 Å². The Balaban J connectivity index is 1.88. The number of esters is 2. The molecule has 0 fully saturated rings. The van der Waals surface area contributed by atoms with Crippen molar-refractivity contribution in [1.82, 2.24) is 5.32 Å². The molecule has 1 heterocycles. The molecule has 1 unspecified atom stereocenters. The van der Waals surface area contributed by atoms with Crippen LogP contribution in [0.1, 0.15) is 30.9 Å². The second-order valence-electron chi connectivity index (χ2n) is 7.79. The van der Waals surface area contributed by atoms with Gasteiger partial charge in [-0.1, -0.05) is 42.5 Å². The molecule has 2 aromatic carbocycles. The van der Waals surface area contributed by atoms with Gasteiger partial charge in [0.1, 0.15) is 6.61 Å². The molecular formula is C26H26N2O8. The molecule has 0 aromatic heterocycles. The number of nitrogens with zero attached hydrogens (tertiary/aromatic N) is 1. The van der Waals surface area contributed by atoms with Crippen LogP contribution in [-0.4, -0.2) is 43.0 Å². The monoisotopic (exact) mass is 494 g/mol. The Kier molecular flexibility index (Phi) is 9.07. The number of carbonyl (C=O) groups excluding carboxylic acids is 3. The summed E-state index contributed by atoms with van der Waals surface area (Å²) < 4.78 is 16.1. The van der Waals surface area contributed by atoms with Gasteiger partial charge in [0.05, 0.1) is 47.5 Å². The van der Waals surface area contributed by atoms with Gasteiger partial charge in [-0.3, -0.25) is 14.9 Å². The quantitative estimate of drug-likeness (QED) is 0.164. The predicted molar refractivity (Wildman–Crippen MR) is 128 cm³/mol. The zero-order valence-corrected chi connectivity index (χ0v) is 19.9.